The topological polar surface area (TPSA) is 35.5 Å². The van der Waals surface area contributed by atoms with Crippen LogP contribution in [0.3, 0.4) is 0 Å². The summed E-state index contributed by atoms with van der Waals surface area (Å²) in [5, 5.41) is 0. The summed E-state index contributed by atoms with van der Waals surface area (Å²) < 4.78 is 10.7. The third-order valence-corrected chi connectivity index (χ3v) is 4.68. The molecule has 1 aliphatic heterocycles. The molecule has 1 heterocycles. The molecule has 100 valence electrons. The fourth-order valence-corrected chi connectivity index (χ4v) is 3.83. The van der Waals surface area contributed by atoms with E-state index in [0.29, 0.717) is 5.56 Å². The fraction of sp³-hybridized carbons (Fsp3) is 0.500. The van der Waals surface area contributed by atoms with Gasteiger partial charge in [-0.1, -0.05) is 6.07 Å². The van der Waals surface area contributed by atoms with E-state index in [4.69, 9.17) is 9.47 Å². The van der Waals surface area contributed by atoms with Gasteiger partial charge in [-0.2, -0.15) is 0 Å². The first-order valence-corrected chi connectivity index (χ1v) is 8.86. The molecule has 18 heavy (non-hydrogen) atoms. The van der Waals surface area contributed by atoms with Crippen LogP contribution in [0.1, 0.15) is 22.3 Å². The van der Waals surface area contributed by atoms with Crippen LogP contribution in [-0.4, -0.2) is 38.5 Å². The number of esters is 1. The van der Waals surface area contributed by atoms with Crippen LogP contribution < -0.4 is 4.74 Å². The normalized spacial score (nSPS) is 15.6. The van der Waals surface area contributed by atoms with Gasteiger partial charge >= 0.3 is 5.97 Å². The van der Waals surface area contributed by atoms with E-state index >= 15 is 0 Å². The molecule has 0 aromatic heterocycles. The summed E-state index contributed by atoms with van der Waals surface area (Å²) in [5.74, 6) is 0.649. The van der Waals surface area contributed by atoms with Gasteiger partial charge in [-0.05, 0) is 43.2 Å². The Morgan fingerprint density at radius 2 is 2.06 bits per heavy atom. The second-order valence-corrected chi connectivity index (χ2v) is 9.29. The molecule has 1 aromatic rings. The molecule has 1 aliphatic rings. The van der Waals surface area contributed by atoms with Gasteiger partial charge in [0.2, 0.25) is 0 Å². The summed E-state index contributed by atoms with van der Waals surface area (Å²) in [6.45, 7) is 0.736. The van der Waals surface area contributed by atoms with Crippen LogP contribution in [0.2, 0.25) is 0 Å². The number of hydrogen-bond acceptors (Lipinski definition) is 3. The molecule has 0 fully saturated rings. The van der Waals surface area contributed by atoms with Crippen molar-refractivity contribution in [1.82, 2.24) is 0 Å². The maximum atomic E-state index is 11.9. The molecular weight excluding hydrogens is 248 g/mol. The Morgan fingerprint density at radius 3 is 2.67 bits per heavy atom. The molecule has 4 heteroatoms. The molecule has 0 spiro atoms. The van der Waals surface area contributed by atoms with E-state index in [2.05, 4.69) is 18.8 Å². The predicted molar refractivity (Wildman–Crippen MR) is 75.2 cm³/mol. The van der Waals surface area contributed by atoms with Gasteiger partial charge in [0, 0.05) is 4.90 Å². The standard InChI is InChI=1S/C14H20O3S/c1-16-14(15)11-8-7-10-6-5-9-17-12(10)13(11)18(2,3)4/h7-8H,5-6,9H2,1-4H3. The summed E-state index contributed by atoms with van der Waals surface area (Å²) in [4.78, 5) is 13.0. The van der Waals surface area contributed by atoms with Crippen molar-refractivity contribution in [2.75, 3.05) is 32.5 Å². The largest absolute Gasteiger partial charge is 0.492 e. The molecule has 1 aromatic carbocycles. The Balaban J connectivity index is 2.65. The van der Waals surface area contributed by atoms with Crippen LogP contribution in [0.4, 0.5) is 0 Å². The molecule has 0 aliphatic carbocycles. The highest BCUT2D eigenvalue weighted by Crippen LogP contribution is 2.53. The zero-order valence-corrected chi connectivity index (χ0v) is 12.2. The molecule has 3 nitrogen and oxygen atoms in total. The first-order valence-electron chi connectivity index (χ1n) is 6.00. The molecule has 0 saturated carbocycles. The highest BCUT2D eigenvalue weighted by atomic mass is 32.3. The lowest BCUT2D eigenvalue weighted by Gasteiger charge is -2.32. The van der Waals surface area contributed by atoms with Crippen molar-refractivity contribution in [3.8, 4) is 5.75 Å². The van der Waals surface area contributed by atoms with E-state index in [-0.39, 0.29) is 5.97 Å². The SMILES string of the molecule is COC(=O)c1ccc2c(c1S(C)(C)C)OCCC2. The molecule has 0 saturated heterocycles. The highest BCUT2D eigenvalue weighted by Gasteiger charge is 2.27. The molecule has 2 rings (SSSR count). The van der Waals surface area contributed by atoms with Gasteiger partial charge < -0.3 is 9.47 Å². The zero-order chi connectivity index (χ0) is 13.3. The van der Waals surface area contributed by atoms with Gasteiger partial charge in [-0.3, -0.25) is 0 Å². The Hall–Kier alpha value is -1.16. The van der Waals surface area contributed by atoms with Crippen LogP contribution >= 0.6 is 10.0 Å². The van der Waals surface area contributed by atoms with E-state index in [0.717, 1.165) is 30.1 Å². The minimum absolute atomic E-state index is 0.274. The summed E-state index contributed by atoms with van der Waals surface area (Å²) in [5.41, 5.74) is 1.87. The molecular formula is C14H20O3S. The Kier molecular flexibility index (Phi) is 3.57. The van der Waals surface area contributed by atoms with E-state index in [1.165, 1.54) is 12.7 Å². The van der Waals surface area contributed by atoms with Crippen LogP contribution in [0.25, 0.3) is 0 Å². The summed E-state index contributed by atoms with van der Waals surface area (Å²) in [7, 11) is 0.365. The summed E-state index contributed by atoms with van der Waals surface area (Å²) in [6, 6.07) is 3.88. The molecule has 0 atom stereocenters. The second kappa shape index (κ2) is 4.84. The minimum atomic E-state index is -1.06. The second-order valence-electron chi connectivity index (χ2n) is 5.21. The van der Waals surface area contributed by atoms with Crippen LogP contribution in [-0.2, 0) is 11.2 Å². The lowest BCUT2D eigenvalue weighted by molar-refractivity contribution is 0.0595. The lowest BCUT2D eigenvalue weighted by Crippen LogP contribution is -2.15. The third-order valence-electron chi connectivity index (χ3n) is 3.05. The maximum absolute atomic E-state index is 11.9. The Morgan fingerprint density at radius 1 is 1.33 bits per heavy atom. The average molecular weight is 268 g/mol. The van der Waals surface area contributed by atoms with Gasteiger partial charge in [0.05, 0.1) is 19.3 Å². The molecule has 0 bridgehead atoms. The average Bonchev–Trinajstić information content (AvgIpc) is 2.35. The highest BCUT2D eigenvalue weighted by molar-refractivity contribution is 8.32. The van der Waals surface area contributed by atoms with E-state index in [9.17, 15) is 4.79 Å². The van der Waals surface area contributed by atoms with Gasteiger partial charge in [0.1, 0.15) is 5.75 Å². The first-order chi connectivity index (χ1) is 8.45. The van der Waals surface area contributed by atoms with E-state index in [1.807, 2.05) is 12.1 Å². The summed E-state index contributed by atoms with van der Waals surface area (Å²) >= 11 is 0. The van der Waals surface area contributed by atoms with Gasteiger partial charge in [-0.15, -0.1) is 0 Å². The maximum Gasteiger partial charge on any atom is 0.339 e. The first kappa shape index (κ1) is 13.3. The number of carbonyl (C=O) groups excluding carboxylic acids is 1. The van der Waals surface area contributed by atoms with Crippen LogP contribution in [0.15, 0.2) is 17.0 Å². The molecule has 0 N–H and O–H groups in total. The zero-order valence-electron chi connectivity index (χ0n) is 11.4. The molecule has 0 unspecified atom stereocenters. The van der Waals surface area contributed by atoms with Crippen molar-refractivity contribution in [2.45, 2.75) is 17.7 Å². The quantitative estimate of drug-likeness (QED) is 0.774. The Bertz CT molecular complexity index is 475. The van der Waals surface area contributed by atoms with E-state index in [1.54, 1.807) is 0 Å². The number of rotatable bonds is 2. The number of benzene rings is 1. The number of methoxy groups -OCH3 is 1. The van der Waals surface area contributed by atoms with Gasteiger partial charge in [-0.25, -0.2) is 14.8 Å². The minimum Gasteiger partial charge on any atom is -0.492 e. The Labute approximate surface area is 110 Å². The molecule has 0 amide bonds. The predicted octanol–water partition coefficient (Wildman–Crippen LogP) is 2.85. The van der Waals surface area contributed by atoms with Crippen molar-refractivity contribution < 1.29 is 14.3 Å². The number of fused-ring (bicyclic) bond motifs is 1. The van der Waals surface area contributed by atoms with Crippen molar-refractivity contribution in [3.63, 3.8) is 0 Å². The number of carbonyl (C=O) groups is 1. The number of hydrogen-bond donors (Lipinski definition) is 0. The molecule has 0 radical (unpaired) electrons. The van der Waals surface area contributed by atoms with Crippen LogP contribution in [0, 0.1) is 0 Å². The monoisotopic (exact) mass is 268 g/mol. The summed E-state index contributed by atoms with van der Waals surface area (Å²) in [6.07, 6.45) is 8.59. The van der Waals surface area contributed by atoms with Crippen molar-refractivity contribution >= 4 is 16.0 Å². The van der Waals surface area contributed by atoms with Crippen molar-refractivity contribution in [2.24, 2.45) is 0 Å². The lowest BCUT2D eigenvalue weighted by atomic mass is 10.0. The van der Waals surface area contributed by atoms with Crippen LogP contribution in [0.5, 0.6) is 5.75 Å². The van der Waals surface area contributed by atoms with Crippen molar-refractivity contribution in [3.05, 3.63) is 23.3 Å². The number of aryl methyl sites for hydroxylation is 1. The van der Waals surface area contributed by atoms with E-state index < -0.39 is 10.0 Å². The van der Waals surface area contributed by atoms with Gasteiger partial charge in [0.15, 0.2) is 0 Å². The third kappa shape index (κ3) is 2.34. The fourth-order valence-electron chi connectivity index (χ4n) is 2.27. The van der Waals surface area contributed by atoms with Gasteiger partial charge in [0.25, 0.3) is 0 Å². The smallest absolute Gasteiger partial charge is 0.339 e. The van der Waals surface area contributed by atoms with Crippen molar-refractivity contribution in [1.29, 1.82) is 0 Å². The number of ether oxygens (including phenoxy) is 2.